The van der Waals surface area contributed by atoms with Crippen LogP contribution in [0.5, 0.6) is 0 Å². The molecule has 3 nitrogen and oxygen atoms in total. The van der Waals surface area contributed by atoms with Gasteiger partial charge in [-0.3, -0.25) is 4.18 Å². The van der Waals surface area contributed by atoms with E-state index in [0.717, 1.165) is 4.90 Å². The summed E-state index contributed by atoms with van der Waals surface area (Å²) in [5.41, 5.74) is 0. The third-order valence-corrected chi connectivity index (χ3v) is 4.64. The SMILES string of the molecule is CCOS(=O)(=O)CC(C)Sc1ccccc1. The molecule has 1 rings (SSSR count). The molecular weight excluding hydrogens is 244 g/mol. The van der Waals surface area contributed by atoms with E-state index in [4.69, 9.17) is 4.18 Å². The third kappa shape index (κ3) is 5.01. The predicted octanol–water partition coefficient (Wildman–Crippen LogP) is 2.53. The second kappa shape index (κ2) is 6.27. The molecular formula is C11H16O3S2. The first-order valence-corrected chi connectivity index (χ1v) is 7.58. The van der Waals surface area contributed by atoms with Gasteiger partial charge in [0.05, 0.1) is 12.4 Å². The minimum absolute atomic E-state index is 0.0149. The molecule has 1 aromatic carbocycles. The molecule has 90 valence electrons. The van der Waals surface area contributed by atoms with Crippen molar-refractivity contribution in [2.45, 2.75) is 24.0 Å². The lowest BCUT2D eigenvalue weighted by Crippen LogP contribution is -2.17. The summed E-state index contributed by atoms with van der Waals surface area (Å²) in [4.78, 5) is 1.07. The van der Waals surface area contributed by atoms with Crippen LogP contribution in [0.4, 0.5) is 0 Å². The van der Waals surface area contributed by atoms with Crippen molar-refractivity contribution in [1.82, 2.24) is 0 Å². The van der Waals surface area contributed by atoms with Crippen molar-refractivity contribution >= 4 is 21.9 Å². The summed E-state index contributed by atoms with van der Waals surface area (Å²) < 4.78 is 27.5. The average Bonchev–Trinajstić information content (AvgIpc) is 2.17. The highest BCUT2D eigenvalue weighted by Crippen LogP contribution is 2.23. The van der Waals surface area contributed by atoms with Gasteiger partial charge in [0.15, 0.2) is 0 Å². The van der Waals surface area contributed by atoms with Gasteiger partial charge in [-0.1, -0.05) is 25.1 Å². The van der Waals surface area contributed by atoms with Gasteiger partial charge in [-0.05, 0) is 19.1 Å². The Morgan fingerprint density at radius 1 is 1.31 bits per heavy atom. The molecule has 0 aliphatic rings. The molecule has 1 atom stereocenters. The molecule has 0 heterocycles. The van der Waals surface area contributed by atoms with Crippen molar-refractivity contribution in [3.05, 3.63) is 30.3 Å². The van der Waals surface area contributed by atoms with E-state index in [1.165, 1.54) is 11.8 Å². The monoisotopic (exact) mass is 260 g/mol. The van der Waals surface area contributed by atoms with E-state index in [1.54, 1.807) is 6.92 Å². The highest BCUT2D eigenvalue weighted by molar-refractivity contribution is 8.01. The van der Waals surface area contributed by atoms with Gasteiger partial charge in [-0.25, -0.2) is 0 Å². The Hall–Kier alpha value is -0.520. The molecule has 1 aromatic rings. The first-order chi connectivity index (χ1) is 7.53. The number of hydrogen-bond acceptors (Lipinski definition) is 4. The van der Waals surface area contributed by atoms with Crippen molar-refractivity contribution in [2.24, 2.45) is 0 Å². The second-order valence-corrected chi connectivity index (χ2v) is 6.57. The van der Waals surface area contributed by atoms with E-state index < -0.39 is 10.1 Å². The Bertz CT molecular complexity index is 400. The fourth-order valence-corrected chi connectivity index (χ4v) is 3.86. The molecule has 5 heteroatoms. The van der Waals surface area contributed by atoms with Crippen LogP contribution in [0.25, 0.3) is 0 Å². The second-order valence-electron chi connectivity index (χ2n) is 3.37. The van der Waals surface area contributed by atoms with Crippen molar-refractivity contribution < 1.29 is 12.6 Å². The van der Waals surface area contributed by atoms with Crippen LogP contribution in [0, 0.1) is 0 Å². The Morgan fingerprint density at radius 3 is 2.50 bits per heavy atom. The van der Waals surface area contributed by atoms with E-state index in [1.807, 2.05) is 37.3 Å². The number of benzene rings is 1. The van der Waals surface area contributed by atoms with Crippen LogP contribution in [-0.2, 0) is 14.3 Å². The van der Waals surface area contributed by atoms with Crippen LogP contribution in [0.15, 0.2) is 35.2 Å². The molecule has 0 saturated carbocycles. The van der Waals surface area contributed by atoms with Crippen LogP contribution in [-0.4, -0.2) is 26.0 Å². The maximum Gasteiger partial charge on any atom is 0.268 e. The van der Waals surface area contributed by atoms with Gasteiger partial charge in [-0.2, -0.15) is 8.42 Å². The molecule has 0 radical (unpaired) electrons. The van der Waals surface area contributed by atoms with Crippen LogP contribution in [0.3, 0.4) is 0 Å². The van der Waals surface area contributed by atoms with Crippen LogP contribution in [0.1, 0.15) is 13.8 Å². The van der Waals surface area contributed by atoms with Gasteiger partial charge < -0.3 is 0 Å². The lowest BCUT2D eigenvalue weighted by molar-refractivity contribution is 0.338. The van der Waals surface area contributed by atoms with E-state index in [0.29, 0.717) is 0 Å². The quantitative estimate of drug-likeness (QED) is 0.582. The molecule has 16 heavy (non-hydrogen) atoms. The maximum absolute atomic E-state index is 11.4. The van der Waals surface area contributed by atoms with E-state index in [9.17, 15) is 8.42 Å². The van der Waals surface area contributed by atoms with Gasteiger partial charge in [0.25, 0.3) is 10.1 Å². The summed E-state index contributed by atoms with van der Waals surface area (Å²) in [7, 11) is -3.37. The minimum atomic E-state index is -3.37. The van der Waals surface area contributed by atoms with Crippen LogP contribution >= 0.6 is 11.8 Å². The molecule has 0 bridgehead atoms. The molecule has 0 saturated heterocycles. The Balaban J connectivity index is 2.51. The lowest BCUT2D eigenvalue weighted by Gasteiger charge is -2.11. The highest BCUT2D eigenvalue weighted by Gasteiger charge is 2.16. The van der Waals surface area contributed by atoms with Gasteiger partial charge in [0.1, 0.15) is 0 Å². The Labute approximate surface area is 101 Å². The zero-order valence-corrected chi connectivity index (χ0v) is 11.1. The van der Waals surface area contributed by atoms with Gasteiger partial charge in [-0.15, -0.1) is 11.8 Å². The zero-order chi connectivity index (χ0) is 12.0. The summed E-state index contributed by atoms with van der Waals surface area (Å²) in [5, 5.41) is -0.0149. The van der Waals surface area contributed by atoms with E-state index in [-0.39, 0.29) is 17.6 Å². The minimum Gasteiger partial charge on any atom is -0.270 e. The largest absolute Gasteiger partial charge is 0.270 e. The summed E-state index contributed by atoms with van der Waals surface area (Å²) in [5.74, 6) is 0.0421. The van der Waals surface area contributed by atoms with E-state index >= 15 is 0 Å². The van der Waals surface area contributed by atoms with Gasteiger partial charge >= 0.3 is 0 Å². The maximum atomic E-state index is 11.4. The first kappa shape index (κ1) is 13.5. The van der Waals surface area contributed by atoms with Crippen molar-refractivity contribution in [1.29, 1.82) is 0 Å². The van der Waals surface area contributed by atoms with Crippen molar-refractivity contribution in [3.8, 4) is 0 Å². The standard InChI is InChI=1S/C11H16O3S2/c1-3-14-16(12,13)9-10(2)15-11-7-5-4-6-8-11/h4-8,10H,3,9H2,1-2H3. The summed E-state index contributed by atoms with van der Waals surface area (Å²) in [6, 6.07) is 9.74. The third-order valence-electron chi connectivity index (χ3n) is 1.82. The molecule has 1 unspecified atom stereocenters. The highest BCUT2D eigenvalue weighted by atomic mass is 32.2. The first-order valence-electron chi connectivity index (χ1n) is 5.12. The molecule has 0 fully saturated rings. The summed E-state index contributed by atoms with van der Waals surface area (Å²) in [6.07, 6.45) is 0. The number of hydrogen-bond donors (Lipinski definition) is 0. The lowest BCUT2D eigenvalue weighted by atomic mass is 10.4. The summed E-state index contributed by atoms with van der Waals surface area (Å²) in [6.45, 7) is 3.76. The fraction of sp³-hybridized carbons (Fsp3) is 0.455. The average molecular weight is 260 g/mol. The number of thioether (sulfide) groups is 1. The Kier molecular flexibility index (Phi) is 5.31. The zero-order valence-electron chi connectivity index (χ0n) is 9.42. The number of rotatable bonds is 6. The van der Waals surface area contributed by atoms with Gasteiger partial charge in [0.2, 0.25) is 0 Å². The molecule has 0 aliphatic carbocycles. The van der Waals surface area contributed by atoms with Crippen LogP contribution in [0.2, 0.25) is 0 Å². The normalized spacial score (nSPS) is 13.6. The van der Waals surface area contributed by atoms with Crippen molar-refractivity contribution in [3.63, 3.8) is 0 Å². The molecule has 0 spiro atoms. The topological polar surface area (TPSA) is 43.4 Å². The molecule has 0 N–H and O–H groups in total. The molecule has 0 aromatic heterocycles. The Morgan fingerprint density at radius 2 is 1.94 bits per heavy atom. The molecule has 0 aliphatic heterocycles. The van der Waals surface area contributed by atoms with Gasteiger partial charge in [0, 0.05) is 10.1 Å². The van der Waals surface area contributed by atoms with Crippen LogP contribution < -0.4 is 0 Å². The summed E-state index contributed by atoms with van der Waals surface area (Å²) >= 11 is 1.54. The van der Waals surface area contributed by atoms with Crippen molar-refractivity contribution in [2.75, 3.05) is 12.4 Å². The fourth-order valence-electron chi connectivity index (χ4n) is 1.28. The smallest absolute Gasteiger partial charge is 0.268 e. The molecule has 0 amide bonds. The predicted molar refractivity (Wildman–Crippen MR) is 67.2 cm³/mol. The van der Waals surface area contributed by atoms with E-state index in [2.05, 4.69) is 0 Å².